The molecule has 0 saturated carbocycles. The molecular weight excluding hydrogens is 286 g/mol. The number of hydrogen-bond donors (Lipinski definition) is 1. The summed E-state index contributed by atoms with van der Waals surface area (Å²) in [6, 6.07) is 6.08. The van der Waals surface area contributed by atoms with E-state index in [0.29, 0.717) is 18.8 Å². The highest BCUT2D eigenvalue weighted by Gasteiger charge is 2.26. The van der Waals surface area contributed by atoms with Crippen LogP contribution in [0.25, 0.3) is 0 Å². The Kier molecular flexibility index (Phi) is 6.50. The average molecular weight is 317 g/mol. The Labute approximate surface area is 141 Å². The van der Waals surface area contributed by atoms with Gasteiger partial charge >= 0.3 is 0 Å². The van der Waals surface area contributed by atoms with E-state index in [9.17, 15) is 5.11 Å². The summed E-state index contributed by atoms with van der Waals surface area (Å²) in [5.74, 6) is 1.20. The minimum absolute atomic E-state index is 0.143. The lowest BCUT2D eigenvalue weighted by molar-refractivity contribution is 0.302. The molecule has 1 aromatic carbocycles. The lowest BCUT2D eigenvalue weighted by Gasteiger charge is -2.28. The highest BCUT2D eigenvalue weighted by Crippen LogP contribution is 2.41. The van der Waals surface area contributed by atoms with Crippen LogP contribution in [0.15, 0.2) is 12.1 Å². The maximum atomic E-state index is 10.7. The van der Waals surface area contributed by atoms with E-state index in [-0.39, 0.29) is 10.8 Å². The summed E-state index contributed by atoms with van der Waals surface area (Å²) >= 11 is 0. The zero-order chi connectivity index (χ0) is 17.7. The molecule has 3 nitrogen and oxygen atoms in total. The number of phenolic OH excluding ortho intramolecular Hbond substituents is 1. The molecule has 0 aliphatic rings. The molecule has 0 aliphatic carbocycles. The van der Waals surface area contributed by atoms with Crippen molar-refractivity contribution in [3.05, 3.63) is 23.3 Å². The van der Waals surface area contributed by atoms with E-state index in [2.05, 4.69) is 47.6 Å². The second kappa shape index (κ2) is 7.73. The van der Waals surface area contributed by atoms with Crippen LogP contribution in [0, 0.1) is 11.3 Å². The molecule has 23 heavy (non-hydrogen) atoms. The molecule has 0 bridgehead atoms. The number of aromatic hydroxyl groups is 1. The molecule has 128 valence electrons. The van der Waals surface area contributed by atoms with Gasteiger partial charge < -0.3 is 9.84 Å². The first-order valence-electron chi connectivity index (χ1n) is 8.45. The minimum atomic E-state index is -0.143. The summed E-state index contributed by atoms with van der Waals surface area (Å²) in [6.07, 6.45) is 3.49. The predicted octanol–water partition coefficient (Wildman–Crippen LogP) is 5.45. The summed E-state index contributed by atoms with van der Waals surface area (Å²) in [4.78, 5) is 0. The van der Waals surface area contributed by atoms with E-state index in [1.54, 1.807) is 0 Å². The molecule has 1 aromatic rings. The van der Waals surface area contributed by atoms with Crippen molar-refractivity contribution in [2.24, 2.45) is 0 Å². The van der Waals surface area contributed by atoms with Gasteiger partial charge in [-0.05, 0) is 42.2 Å². The SMILES string of the molecule is CC(C)(C)c1cc(OCCCCCC#N)cc(C(C)(C)C)c1O. The smallest absolute Gasteiger partial charge is 0.123 e. The Morgan fingerprint density at radius 1 is 0.957 bits per heavy atom. The van der Waals surface area contributed by atoms with E-state index < -0.39 is 0 Å². The largest absolute Gasteiger partial charge is 0.507 e. The third-order valence-electron chi connectivity index (χ3n) is 3.90. The van der Waals surface area contributed by atoms with Crippen molar-refractivity contribution in [1.29, 1.82) is 5.26 Å². The molecule has 3 heteroatoms. The van der Waals surface area contributed by atoms with Gasteiger partial charge in [0.15, 0.2) is 0 Å². The number of ether oxygens (including phenoxy) is 1. The van der Waals surface area contributed by atoms with E-state index in [0.717, 1.165) is 36.1 Å². The number of benzene rings is 1. The molecule has 1 N–H and O–H groups in total. The summed E-state index contributed by atoms with van der Waals surface area (Å²) in [5.41, 5.74) is 1.56. The van der Waals surface area contributed by atoms with E-state index >= 15 is 0 Å². The van der Waals surface area contributed by atoms with Gasteiger partial charge in [-0.15, -0.1) is 0 Å². The Morgan fingerprint density at radius 3 is 1.91 bits per heavy atom. The number of nitrogens with zero attached hydrogens (tertiary/aromatic N) is 1. The maximum Gasteiger partial charge on any atom is 0.123 e. The summed E-state index contributed by atoms with van der Waals surface area (Å²) < 4.78 is 5.92. The molecule has 0 fully saturated rings. The fourth-order valence-electron chi connectivity index (χ4n) is 2.51. The van der Waals surface area contributed by atoms with E-state index in [1.165, 1.54) is 0 Å². The third kappa shape index (κ3) is 5.78. The van der Waals surface area contributed by atoms with Gasteiger partial charge in [0.25, 0.3) is 0 Å². The van der Waals surface area contributed by atoms with Crippen molar-refractivity contribution in [3.8, 4) is 17.6 Å². The van der Waals surface area contributed by atoms with Crippen molar-refractivity contribution < 1.29 is 9.84 Å². The molecule has 0 saturated heterocycles. The van der Waals surface area contributed by atoms with Crippen LogP contribution in [0.2, 0.25) is 0 Å². The Balaban J connectivity index is 2.94. The molecule has 1 rings (SSSR count). The number of unbranched alkanes of at least 4 members (excludes halogenated alkanes) is 3. The maximum absolute atomic E-state index is 10.7. The first-order chi connectivity index (χ1) is 10.6. The van der Waals surface area contributed by atoms with E-state index in [1.807, 2.05) is 12.1 Å². The standard InChI is InChI=1S/C20H31NO2/c1-19(2,3)16-13-15(23-12-10-8-7-9-11-21)14-17(18(16)22)20(4,5)6/h13-14,22H,7-10,12H2,1-6H3. The Bertz CT molecular complexity index is 521. The van der Waals surface area contributed by atoms with E-state index in [4.69, 9.17) is 10.00 Å². The second-order valence-electron chi connectivity index (χ2n) is 8.18. The quantitative estimate of drug-likeness (QED) is 0.710. The molecule has 0 atom stereocenters. The van der Waals surface area contributed by atoms with Crippen molar-refractivity contribution in [2.75, 3.05) is 6.61 Å². The monoisotopic (exact) mass is 317 g/mol. The van der Waals surface area contributed by atoms with Crippen molar-refractivity contribution in [3.63, 3.8) is 0 Å². The molecule has 0 unspecified atom stereocenters. The van der Waals surface area contributed by atoms with Gasteiger partial charge in [-0.25, -0.2) is 0 Å². The molecule has 0 aliphatic heterocycles. The first-order valence-corrected chi connectivity index (χ1v) is 8.45. The molecule has 0 spiro atoms. The average Bonchev–Trinajstić information content (AvgIpc) is 2.41. The first kappa shape index (κ1) is 19.4. The van der Waals surface area contributed by atoms with Gasteiger partial charge in [0.1, 0.15) is 11.5 Å². The van der Waals surface area contributed by atoms with Gasteiger partial charge in [-0.1, -0.05) is 41.5 Å². The zero-order valence-corrected chi connectivity index (χ0v) is 15.5. The van der Waals surface area contributed by atoms with Gasteiger partial charge in [0.05, 0.1) is 12.7 Å². The topological polar surface area (TPSA) is 53.2 Å². The van der Waals surface area contributed by atoms with Crippen LogP contribution < -0.4 is 4.74 Å². The fraction of sp³-hybridized carbons (Fsp3) is 0.650. The van der Waals surface area contributed by atoms with Crippen LogP contribution in [-0.2, 0) is 10.8 Å². The Morgan fingerprint density at radius 2 is 1.48 bits per heavy atom. The number of rotatable bonds is 6. The predicted molar refractivity (Wildman–Crippen MR) is 95.1 cm³/mol. The van der Waals surface area contributed by atoms with Gasteiger partial charge in [0, 0.05) is 17.5 Å². The number of phenols is 1. The molecule has 0 radical (unpaired) electrons. The van der Waals surface area contributed by atoms with Crippen LogP contribution in [0.1, 0.15) is 78.4 Å². The summed E-state index contributed by atoms with van der Waals surface area (Å²) in [5, 5.41) is 19.2. The summed E-state index contributed by atoms with van der Waals surface area (Å²) in [7, 11) is 0. The van der Waals surface area contributed by atoms with Crippen LogP contribution >= 0.6 is 0 Å². The fourth-order valence-corrected chi connectivity index (χ4v) is 2.51. The minimum Gasteiger partial charge on any atom is -0.507 e. The zero-order valence-electron chi connectivity index (χ0n) is 15.5. The second-order valence-corrected chi connectivity index (χ2v) is 8.18. The highest BCUT2D eigenvalue weighted by atomic mass is 16.5. The van der Waals surface area contributed by atoms with Gasteiger partial charge in [0.2, 0.25) is 0 Å². The van der Waals surface area contributed by atoms with Crippen molar-refractivity contribution in [2.45, 2.75) is 78.1 Å². The molecular formula is C20H31NO2. The van der Waals surface area contributed by atoms with Crippen LogP contribution in [0.5, 0.6) is 11.5 Å². The van der Waals surface area contributed by atoms with Crippen LogP contribution in [-0.4, -0.2) is 11.7 Å². The lowest BCUT2D eigenvalue weighted by Crippen LogP contribution is -2.17. The van der Waals surface area contributed by atoms with Crippen LogP contribution in [0.4, 0.5) is 0 Å². The van der Waals surface area contributed by atoms with Gasteiger partial charge in [-0.2, -0.15) is 5.26 Å². The van der Waals surface area contributed by atoms with Crippen LogP contribution in [0.3, 0.4) is 0 Å². The highest BCUT2D eigenvalue weighted by molar-refractivity contribution is 5.51. The third-order valence-corrected chi connectivity index (χ3v) is 3.90. The number of hydrogen-bond acceptors (Lipinski definition) is 3. The van der Waals surface area contributed by atoms with Crippen molar-refractivity contribution in [1.82, 2.24) is 0 Å². The number of nitriles is 1. The lowest BCUT2D eigenvalue weighted by atomic mass is 9.79. The normalized spacial score (nSPS) is 12.0. The molecule has 0 amide bonds. The molecule has 0 aromatic heterocycles. The Hall–Kier alpha value is -1.69. The van der Waals surface area contributed by atoms with Crippen molar-refractivity contribution >= 4 is 0 Å². The summed E-state index contributed by atoms with van der Waals surface area (Å²) in [6.45, 7) is 13.2. The van der Waals surface area contributed by atoms with Gasteiger partial charge in [-0.3, -0.25) is 0 Å². The molecule has 0 heterocycles.